The quantitative estimate of drug-likeness (QED) is 0.271. The summed E-state index contributed by atoms with van der Waals surface area (Å²) in [5.74, 6) is 0.805. The maximum absolute atomic E-state index is 12.9. The van der Waals surface area contributed by atoms with Crippen molar-refractivity contribution >= 4 is 56.5 Å². The maximum atomic E-state index is 12.9. The summed E-state index contributed by atoms with van der Waals surface area (Å²) in [6.45, 7) is 2.85. The van der Waals surface area contributed by atoms with E-state index in [0.717, 1.165) is 32.9 Å². The third kappa shape index (κ3) is 5.66. The molecule has 0 bridgehead atoms. The van der Waals surface area contributed by atoms with Crippen molar-refractivity contribution in [2.45, 2.75) is 20.1 Å². The highest BCUT2D eigenvalue weighted by atomic mass is 79.9. The van der Waals surface area contributed by atoms with Gasteiger partial charge < -0.3 is 9.47 Å². The molecule has 3 aromatic rings. The third-order valence-corrected chi connectivity index (χ3v) is 7.12. The molecule has 0 aromatic heterocycles. The fraction of sp³-hybridized carbons (Fsp3) is 0.154. The molecule has 8 heteroatoms. The normalized spacial score (nSPS) is 14.7. The van der Waals surface area contributed by atoms with Gasteiger partial charge in [-0.15, -0.1) is 0 Å². The van der Waals surface area contributed by atoms with Gasteiger partial charge in [0.05, 0.1) is 18.1 Å². The zero-order valence-corrected chi connectivity index (χ0v) is 21.5. The average Bonchev–Trinajstić information content (AvgIpc) is 3.08. The molecule has 0 N–H and O–H groups in total. The van der Waals surface area contributed by atoms with Crippen molar-refractivity contribution in [1.82, 2.24) is 4.90 Å². The third-order valence-electron chi connectivity index (χ3n) is 5.07. The number of carbonyl (C=O) groups is 2. The summed E-state index contributed by atoms with van der Waals surface area (Å²) in [7, 11) is 0. The molecule has 0 radical (unpaired) electrons. The summed E-state index contributed by atoms with van der Waals surface area (Å²) in [5.41, 5.74) is 2.47. The summed E-state index contributed by atoms with van der Waals surface area (Å²) < 4.78 is 12.6. The van der Waals surface area contributed by atoms with E-state index in [1.165, 1.54) is 4.90 Å². The molecule has 4 rings (SSSR count). The molecule has 1 fully saturated rings. The standard InChI is InChI=1S/C26H21BrClNO4S/c1-2-32-23-13-17(11-12-22(23)33-16-19-8-4-6-10-21(19)28)14-24-25(30)29(26(31)34-24)15-18-7-3-5-9-20(18)27/h3-14H,2,15-16H2,1H3/b24-14-. The minimum Gasteiger partial charge on any atom is -0.490 e. The molecule has 5 nitrogen and oxygen atoms in total. The molecule has 0 unspecified atom stereocenters. The second kappa shape index (κ2) is 11.1. The van der Waals surface area contributed by atoms with Crippen LogP contribution in [0.3, 0.4) is 0 Å². The Morgan fingerprint density at radius 1 is 0.971 bits per heavy atom. The van der Waals surface area contributed by atoms with Crippen molar-refractivity contribution in [3.63, 3.8) is 0 Å². The van der Waals surface area contributed by atoms with Crippen LogP contribution in [0, 0.1) is 0 Å². The van der Waals surface area contributed by atoms with E-state index >= 15 is 0 Å². The lowest BCUT2D eigenvalue weighted by Gasteiger charge is -2.14. The van der Waals surface area contributed by atoms with Crippen LogP contribution < -0.4 is 9.47 Å². The Kier molecular flexibility index (Phi) is 7.98. The number of carbonyl (C=O) groups excluding carboxylic acids is 2. The Morgan fingerprint density at radius 3 is 2.44 bits per heavy atom. The highest BCUT2D eigenvalue weighted by Gasteiger charge is 2.35. The Labute approximate surface area is 215 Å². The van der Waals surface area contributed by atoms with Crippen molar-refractivity contribution in [2.75, 3.05) is 6.61 Å². The van der Waals surface area contributed by atoms with Crippen LogP contribution in [0.25, 0.3) is 6.08 Å². The number of nitrogens with zero attached hydrogens (tertiary/aromatic N) is 1. The van der Waals surface area contributed by atoms with E-state index in [9.17, 15) is 9.59 Å². The van der Waals surface area contributed by atoms with Crippen LogP contribution >= 0.6 is 39.3 Å². The molecule has 1 saturated heterocycles. The first kappa shape index (κ1) is 24.4. The number of imide groups is 1. The maximum Gasteiger partial charge on any atom is 0.293 e. The van der Waals surface area contributed by atoms with Gasteiger partial charge in [-0.3, -0.25) is 14.5 Å². The van der Waals surface area contributed by atoms with Crippen LogP contribution in [0.4, 0.5) is 4.79 Å². The van der Waals surface area contributed by atoms with Crippen molar-refractivity contribution < 1.29 is 19.1 Å². The van der Waals surface area contributed by atoms with Crippen molar-refractivity contribution in [3.05, 3.63) is 97.8 Å². The van der Waals surface area contributed by atoms with Gasteiger partial charge >= 0.3 is 0 Å². The number of thioether (sulfide) groups is 1. The Bertz CT molecular complexity index is 1260. The van der Waals surface area contributed by atoms with Crippen molar-refractivity contribution in [3.8, 4) is 11.5 Å². The first-order chi connectivity index (χ1) is 16.5. The van der Waals surface area contributed by atoms with Crippen molar-refractivity contribution in [1.29, 1.82) is 0 Å². The number of hydrogen-bond acceptors (Lipinski definition) is 5. The molecular formula is C26H21BrClNO4S. The number of halogens is 2. The Balaban J connectivity index is 1.52. The first-order valence-electron chi connectivity index (χ1n) is 10.6. The van der Waals surface area contributed by atoms with Crippen LogP contribution in [-0.4, -0.2) is 22.7 Å². The molecule has 0 aliphatic carbocycles. The molecule has 0 atom stereocenters. The summed E-state index contributed by atoms with van der Waals surface area (Å²) in [4.78, 5) is 27.1. The van der Waals surface area contributed by atoms with E-state index in [1.807, 2.05) is 61.5 Å². The zero-order valence-electron chi connectivity index (χ0n) is 18.3. The SMILES string of the molecule is CCOc1cc(/C=C2\SC(=O)N(Cc3ccccc3Br)C2=O)ccc1OCc1ccccc1Cl. The van der Waals surface area contributed by atoms with Crippen LogP contribution in [0.1, 0.15) is 23.6 Å². The monoisotopic (exact) mass is 557 g/mol. The molecule has 1 heterocycles. The second-order valence-electron chi connectivity index (χ2n) is 7.38. The predicted octanol–water partition coefficient (Wildman–Crippen LogP) is 7.32. The zero-order chi connectivity index (χ0) is 24.1. The Morgan fingerprint density at radius 2 is 1.71 bits per heavy atom. The van der Waals surface area contributed by atoms with E-state index in [0.29, 0.717) is 34.6 Å². The second-order valence-corrected chi connectivity index (χ2v) is 9.63. The minimum absolute atomic E-state index is 0.211. The molecule has 2 amide bonds. The number of amides is 2. The summed E-state index contributed by atoms with van der Waals surface area (Å²) in [6.07, 6.45) is 1.70. The van der Waals surface area contributed by atoms with E-state index in [4.69, 9.17) is 21.1 Å². The van der Waals surface area contributed by atoms with E-state index in [2.05, 4.69) is 15.9 Å². The van der Waals surface area contributed by atoms with E-state index < -0.39 is 0 Å². The molecular weight excluding hydrogens is 538 g/mol. The number of benzene rings is 3. The van der Waals surface area contributed by atoms with Gasteiger partial charge in [0.25, 0.3) is 11.1 Å². The molecule has 1 aliphatic rings. The van der Waals surface area contributed by atoms with Crippen LogP contribution in [0.2, 0.25) is 5.02 Å². The highest BCUT2D eigenvalue weighted by Crippen LogP contribution is 2.36. The molecule has 174 valence electrons. The predicted molar refractivity (Wildman–Crippen MR) is 139 cm³/mol. The van der Waals surface area contributed by atoms with Gasteiger partial charge in [0.15, 0.2) is 11.5 Å². The molecule has 3 aromatic carbocycles. The molecule has 0 spiro atoms. The smallest absolute Gasteiger partial charge is 0.293 e. The van der Waals surface area contributed by atoms with Crippen LogP contribution in [0.15, 0.2) is 76.1 Å². The van der Waals surface area contributed by atoms with Gasteiger partial charge in [-0.05, 0) is 60.2 Å². The number of ether oxygens (including phenoxy) is 2. The average molecular weight is 559 g/mol. The van der Waals surface area contributed by atoms with Crippen LogP contribution in [-0.2, 0) is 17.9 Å². The molecule has 34 heavy (non-hydrogen) atoms. The summed E-state index contributed by atoms with van der Waals surface area (Å²) in [5, 5.41) is 0.340. The fourth-order valence-electron chi connectivity index (χ4n) is 3.36. The first-order valence-corrected chi connectivity index (χ1v) is 12.6. The van der Waals surface area contributed by atoms with Gasteiger partial charge in [0, 0.05) is 15.1 Å². The lowest BCUT2D eigenvalue weighted by atomic mass is 10.1. The van der Waals surface area contributed by atoms with Gasteiger partial charge in [-0.1, -0.05) is 70.0 Å². The summed E-state index contributed by atoms with van der Waals surface area (Å²) >= 11 is 10.6. The topological polar surface area (TPSA) is 55.8 Å². The summed E-state index contributed by atoms with van der Waals surface area (Å²) in [6, 6.07) is 20.4. The van der Waals surface area contributed by atoms with Crippen LogP contribution in [0.5, 0.6) is 11.5 Å². The van der Waals surface area contributed by atoms with Gasteiger partial charge in [0.1, 0.15) is 6.61 Å². The number of rotatable bonds is 8. The lowest BCUT2D eigenvalue weighted by Crippen LogP contribution is -2.27. The van der Waals surface area contributed by atoms with E-state index in [1.54, 1.807) is 18.2 Å². The van der Waals surface area contributed by atoms with Crippen molar-refractivity contribution in [2.24, 2.45) is 0 Å². The van der Waals surface area contributed by atoms with Gasteiger partial charge in [-0.2, -0.15) is 0 Å². The highest BCUT2D eigenvalue weighted by molar-refractivity contribution is 9.10. The number of hydrogen-bond donors (Lipinski definition) is 0. The van der Waals surface area contributed by atoms with Gasteiger partial charge in [0.2, 0.25) is 0 Å². The Hall–Kier alpha value is -2.74. The minimum atomic E-state index is -0.317. The fourth-order valence-corrected chi connectivity index (χ4v) is 4.80. The lowest BCUT2D eigenvalue weighted by molar-refractivity contribution is -0.123. The molecule has 0 saturated carbocycles. The molecule has 1 aliphatic heterocycles. The largest absolute Gasteiger partial charge is 0.490 e. The van der Waals surface area contributed by atoms with E-state index in [-0.39, 0.29) is 17.7 Å². The van der Waals surface area contributed by atoms with Gasteiger partial charge in [-0.25, -0.2) is 0 Å².